The van der Waals surface area contributed by atoms with Gasteiger partial charge in [-0.25, -0.2) is 4.39 Å². The van der Waals surface area contributed by atoms with E-state index < -0.39 is 5.82 Å². The van der Waals surface area contributed by atoms with Crippen molar-refractivity contribution in [2.24, 2.45) is 0 Å². The van der Waals surface area contributed by atoms with Crippen molar-refractivity contribution in [3.63, 3.8) is 0 Å². The van der Waals surface area contributed by atoms with Crippen LogP contribution in [0.5, 0.6) is 5.75 Å². The highest BCUT2D eigenvalue weighted by Gasteiger charge is 2.07. The summed E-state index contributed by atoms with van der Waals surface area (Å²) in [6.45, 7) is 1.90. The first kappa shape index (κ1) is 15.0. The number of ketones is 1. The average molecular weight is 273 g/mol. The minimum atomic E-state index is -0.526. The van der Waals surface area contributed by atoms with E-state index in [4.69, 9.17) is 16.3 Å². The Morgan fingerprint density at radius 1 is 1.28 bits per heavy atom. The maximum atomic E-state index is 13.5. The number of halogens is 2. The van der Waals surface area contributed by atoms with Crippen LogP contribution in [0.1, 0.15) is 43.0 Å². The van der Waals surface area contributed by atoms with E-state index in [1.54, 1.807) is 6.07 Å². The molecule has 0 atom stereocenters. The van der Waals surface area contributed by atoms with Gasteiger partial charge in [-0.2, -0.15) is 0 Å². The fraction of sp³-hybridized carbons (Fsp3) is 0.500. The van der Waals surface area contributed by atoms with Crippen LogP contribution in [0.25, 0.3) is 0 Å². The minimum Gasteiger partial charge on any atom is -0.493 e. The molecule has 2 nitrogen and oxygen atoms in total. The van der Waals surface area contributed by atoms with Crippen molar-refractivity contribution in [2.45, 2.75) is 32.6 Å². The van der Waals surface area contributed by atoms with Gasteiger partial charge >= 0.3 is 0 Å². The standard InChI is InChI=1S/C14H18ClFO2/c1-11(17)13-7-6-12(10-14(13)16)18-9-5-3-2-4-8-15/h6-7,10H,2-5,8-9H2,1H3. The van der Waals surface area contributed by atoms with E-state index in [1.165, 1.54) is 19.1 Å². The number of hydrogen-bond acceptors (Lipinski definition) is 2. The largest absolute Gasteiger partial charge is 0.493 e. The number of unbranched alkanes of at least 4 members (excludes halogenated alkanes) is 3. The topological polar surface area (TPSA) is 26.3 Å². The van der Waals surface area contributed by atoms with E-state index in [0.717, 1.165) is 25.7 Å². The second-order valence-corrected chi connectivity index (χ2v) is 4.53. The second-order valence-electron chi connectivity index (χ2n) is 4.15. The summed E-state index contributed by atoms with van der Waals surface area (Å²) >= 11 is 5.57. The van der Waals surface area contributed by atoms with Crippen LogP contribution in [0.15, 0.2) is 18.2 Å². The average Bonchev–Trinajstić information content (AvgIpc) is 2.33. The van der Waals surface area contributed by atoms with Gasteiger partial charge < -0.3 is 4.74 Å². The van der Waals surface area contributed by atoms with Crippen LogP contribution in [0.3, 0.4) is 0 Å². The van der Waals surface area contributed by atoms with Crippen LogP contribution >= 0.6 is 11.6 Å². The van der Waals surface area contributed by atoms with Gasteiger partial charge in [-0.15, -0.1) is 11.6 Å². The van der Waals surface area contributed by atoms with Crippen molar-refractivity contribution < 1.29 is 13.9 Å². The Balaban J connectivity index is 2.35. The third-order valence-corrected chi connectivity index (χ3v) is 2.88. The first-order valence-corrected chi connectivity index (χ1v) is 6.68. The Morgan fingerprint density at radius 3 is 2.61 bits per heavy atom. The zero-order valence-electron chi connectivity index (χ0n) is 10.5. The molecular weight excluding hydrogens is 255 g/mol. The molecule has 1 aromatic carbocycles. The Hall–Kier alpha value is -1.09. The second kappa shape index (κ2) is 8.09. The summed E-state index contributed by atoms with van der Waals surface area (Å²) in [5, 5.41) is 0. The van der Waals surface area contributed by atoms with Crippen LogP contribution in [0.4, 0.5) is 4.39 Å². The molecule has 0 bridgehead atoms. The molecule has 18 heavy (non-hydrogen) atoms. The first-order valence-electron chi connectivity index (χ1n) is 6.14. The van der Waals surface area contributed by atoms with Gasteiger partial charge in [0.05, 0.1) is 12.2 Å². The predicted molar refractivity (Wildman–Crippen MR) is 71.1 cm³/mol. The first-order chi connectivity index (χ1) is 8.65. The number of benzene rings is 1. The Bertz CT molecular complexity index is 393. The van der Waals surface area contributed by atoms with Gasteiger partial charge in [0.15, 0.2) is 5.78 Å². The number of ether oxygens (including phenoxy) is 1. The Morgan fingerprint density at radius 2 is 2.00 bits per heavy atom. The van der Waals surface area contributed by atoms with E-state index in [-0.39, 0.29) is 11.3 Å². The summed E-state index contributed by atoms with van der Waals surface area (Å²) in [4.78, 5) is 11.0. The predicted octanol–water partition coefficient (Wildman–Crippen LogP) is 4.21. The van der Waals surface area contributed by atoms with Crippen LogP contribution in [0.2, 0.25) is 0 Å². The van der Waals surface area contributed by atoms with Crippen molar-refractivity contribution >= 4 is 17.4 Å². The van der Waals surface area contributed by atoms with E-state index >= 15 is 0 Å². The van der Waals surface area contributed by atoms with Gasteiger partial charge in [0.2, 0.25) is 0 Å². The summed E-state index contributed by atoms with van der Waals surface area (Å²) in [5.74, 6) is 0.357. The highest BCUT2D eigenvalue weighted by Crippen LogP contribution is 2.17. The molecule has 4 heteroatoms. The van der Waals surface area contributed by atoms with E-state index in [2.05, 4.69) is 0 Å². The van der Waals surface area contributed by atoms with Crippen LogP contribution in [-0.2, 0) is 0 Å². The summed E-state index contributed by atoms with van der Waals surface area (Å²) in [7, 11) is 0. The number of Topliss-reactive ketones (excluding diaryl/α,β-unsaturated/α-hetero) is 1. The molecule has 0 aliphatic rings. The monoisotopic (exact) mass is 272 g/mol. The molecule has 0 spiro atoms. The van der Waals surface area contributed by atoms with Gasteiger partial charge in [0.25, 0.3) is 0 Å². The van der Waals surface area contributed by atoms with Crippen molar-refractivity contribution in [3.8, 4) is 5.75 Å². The number of hydrogen-bond donors (Lipinski definition) is 0. The summed E-state index contributed by atoms with van der Waals surface area (Å²) in [5.41, 5.74) is 0.101. The third-order valence-electron chi connectivity index (χ3n) is 2.62. The fourth-order valence-corrected chi connectivity index (χ4v) is 1.80. The minimum absolute atomic E-state index is 0.101. The molecule has 0 heterocycles. The summed E-state index contributed by atoms with van der Waals surface area (Å²) < 4.78 is 18.9. The zero-order valence-corrected chi connectivity index (χ0v) is 11.3. The molecule has 0 fully saturated rings. The molecule has 1 aromatic rings. The number of carbonyl (C=O) groups excluding carboxylic acids is 1. The molecule has 0 radical (unpaired) electrons. The highest BCUT2D eigenvalue weighted by molar-refractivity contribution is 6.17. The van der Waals surface area contributed by atoms with Crippen molar-refractivity contribution in [1.82, 2.24) is 0 Å². The maximum Gasteiger partial charge on any atom is 0.162 e. The van der Waals surface area contributed by atoms with Gasteiger partial charge in [-0.1, -0.05) is 12.8 Å². The Kier molecular flexibility index (Phi) is 6.73. The highest BCUT2D eigenvalue weighted by atomic mass is 35.5. The molecule has 0 saturated heterocycles. The number of alkyl halides is 1. The molecule has 0 unspecified atom stereocenters. The quantitative estimate of drug-likeness (QED) is 0.403. The smallest absolute Gasteiger partial charge is 0.162 e. The maximum absolute atomic E-state index is 13.5. The van der Waals surface area contributed by atoms with E-state index in [9.17, 15) is 9.18 Å². The molecule has 0 aliphatic carbocycles. The van der Waals surface area contributed by atoms with Crippen LogP contribution in [0, 0.1) is 5.82 Å². The molecular formula is C14H18ClFO2. The lowest BCUT2D eigenvalue weighted by molar-refractivity contribution is 0.101. The number of carbonyl (C=O) groups is 1. The molecule has 0 amide bonds. The molecule has 0 saturated carbocycles. The van der Waals surface area contributed by atoms with Crippen molar-refractivity contribution in [2.75, 3.05) is 12.5 Å². The van der Waals surface area contributed by atoms with Crippen LogP contribution in [-0.4, -0.2) is 18.3 Å². The lowest BCUT2D eigenvalue weighted by Gasteiger charge is -2.07. The summed E-state index contributed by atoms with van der Waals surface area (Å²) in [6, 6.07) is 4.34. The van der Waals surface area contributed by atoms with Crippen molar-refractivity contribution in [3.05, 3.63) is 29.6 Å². The van der Waals surface area contributed by atoms with Crippen molar-refractivity contribution in [1.29, 1.82) is 0 Å². The zero-order chi connectivity index (χ0) is 13.4. The molecule has 0 aliphatic heterocycles. The fourth-order valence-electron chi connectivity index (χ4n) is 1.61. The molecule has 0 aromatic heterocycles. The SMILES string of the molecule is CC(=O)c1ccc(OCCCCCCCl)cc1F. The van der Waals surface area contributed by atoms with Gasteiger partial charge in [0.1, 0.15) is 11.6 Å². The van der Waals surface area contributed by atoms with E-state index in [1.807, 2.05) is 0 Å². The van der Waals surface area contributed by atoms with Gasteiger partial charge in [-0.3, -0.25) is 4.79 Å². The third kappa shape index (κ3) is 5.05. The molecule has 0 N–H and O–H groups in total. The normalized spacial score (nSPS) is 10.4. The van der Waals surface area contributed by atoms with Crippen LogP contribution < -0.4 is 4.74 Å². The molecule has 1 rings (SSSR count). The lowest BCUT2D eigenvalue weighted by atomic mass is 10.1. The van der Waals surface area contributed by atoms with Gasteiger partial charge in [-0.05, 0) is 31.9 Å². The van der Waals surface area contributed by atoms with E-state index in [0.29, 0.717) is 18.2 Å². The molecule has 100 valence electrons. The van der Waals surface area contributed by atoms with Gasteiger partial charge in [0, 0.05) is 11.9 Å². The number of rotatable bonds is 8. The Labute approximate surface area is 112 Å². The summed E-state index contributed by atoms with van der Waals surface area (Å²) in [6.07, 6.45) is 4.09. The lowest BCUT2D eigenvalue weighted by Crippen LogP contribution is -2.01.